The van der Waals surface area contributed by atoms with Crippen LogP contribution in [-0.2, 0) is 0 Å². The van der Waals surface area contributed by atoms with Gasteiger partial charge in [-0.2, -0.15) is 0 Å². The van der Waals surface area contributed by atoms with E-state index in [-0.39, 0.29) is 56.0 Å². The minimum atomic E-state index is -0.954. The summed E-state index contributed by atoms with van der Waals surface area (Å²) in [6.07, 6.45) is -1.91. The van der Waals surface area contributed by atoms with E-state index in [0.29, 0.717) is 0 Å². The standard InChI is InChI=1S/2C3H8O3.Na/c2*4-1-3(6)2-5;/h2*3-6H,1-2H2;. The predicted octanol–water partition coefficient (Wildman–Crippen LogP) is -3.72. The maximum Gasteiger partial charge on any atom is 0.100 e. The quantitative estimate of drug-likeness (QED) is 0.264. The Balaban J connectivity index is -0.000000143. The molecule has 0 rings (SSSR count). The first-order valence-electron chi connectivity index (χ1n) is 3.41. The average Bonchev–Trinajstić information content (AvgIpc) is 2.16. The largest absolute Gasteiger partial charge is 0.394 e. The molecule has 77 valence electrons. The van der Waals surface area contributed by atoms with Gasteiger partial charge in [0.05, 0.1) is 26.4 Å². The van der Waals surface area contributed by atoms with E-state index in [9.17, 15) is 0 Å². The smallest absolute Gasteiger partial charge is 0.100 e. The molecule has 0 saturated carbocycles. The van der Waals surface area contributed by atoms with Gasteiger partial charge in [-0.15, -0.1) is 0 Å². The van der Waals surface area contributed by atoms with Crippen LogP contribution in [0.15, 0.2) is 0 Å². The van der Waals surface area contributed by atoms with Crippen molar-refractivity contribution in [2.75, 3.05) is 26.4 Å². The molecule has 0 aliphatic heterocycles. The topological polar surface area (TPSA) is 121 Å². The maximum atomic E-state index is 8.17. The van der Waals surface area contributed by atoms with E-state index >= 15 is 0 Å². The zero-order valence-electron chi connectivity index (χ0n) is 7.67. The Morgan fingerprint density at radius 2 is 0.769 bits per heavy atom. The normalized spacial score (nSPS) is 9.23. The molecule has 0 fully saturated rings. The first-order valence-corrected chi connectivity index (χ1v) is 3.41. The number of hydrogen-bond acceptors (Lipinski definition) is 6. The van der Waals surface area contributed by atoms with E-state index in [1.165, 1.54) is 0 Å². The Morgan fingerprint density at radius 3 is 0.769 bits per heavy atom. The third-order valence-corrected chi connectivity index (χ3v) is 0.843. The first kappa shape index (κ1) is 19.4. The molecule has 0 aromatic heterocycles. The van der Waals surface area contributed by atoms with Crippen LogP contribution < -0.4 is 0 Å². The Kier molecular flexibility index (Phi) is 22.7. The fourth-order valence-corrected chi connectivity index (χ4v) is 0.115. The van der Waals surface area contributed by atoms with Crippen molar-refractivity contribution in [3.63, 3.8) is 0 Å². The van der Waals surface area contributed by atoms with Crippen LogP contribution in [0.4, 0.5) is 0 Å². The zero-order valence-corrected chi connectivity index (χ0v) is 9.67. The summed E-state index contributed by atoms with van der Waals surface area (Å²) in [7, 11) is 0. The van der Waals surface area contributed by atoms with Gasteiger partial charge in [0, 0.05) is 29.6 Å². The summed E-state index contributed by atoms with van der Waals surface area (Å²) in [4.78, 5) is 0. The SMILES string of the molecule is OCC(O)CO.OCC(O)CO.[Na]. The second-order valence-electron chi connectivity index (χ2n) is 2.04. The minimum Gasteiger partial charge on any atom is -0.394 e. The van der Waals surface area contributed by atoms with Gasteiger partial charge in [-0.05, 0) is 0 Å². The van der Waals surface area contributed by atoms with Crippen molar-refractivity contribution in [3.05, 3.63) is 0 Å². The second kappa shape index (κ2) is 15.2. The van der Waals surface area contributed by atoms with E-state index in [4.69, 9.17) is 30.6 Å². The Hall–Kier alpha value is 0.760. The van der Waals surface area contributed by atoms with Gasteiger partial charge in [0.1, 0.15) is 12.2 Å². The van der Waals surface area contributed by atoms with E-state index in [2.05, 4.69) is 0 Å². The molecule has 0 aromatic rings. The Bertz CT molecular complexity index is 65.5. The summed E-state index contributed by atoms with van der Waals surface area (Å²) in [6.45, 7) is -1.46. The van der Waals surface area contributed by atoms with Gasteiger partial charge in [-0.3, -0.25) is 0 Å². The molecule has 7 heteroatoms. The van der Waals surface area contributed by atoms with Crippen molar-refractivity contribution >= 4 is 29.6 Å². The minimum absolute atomic E-state index is 0. The summed E-state index contributed by atoms with van der Waals surface area (Å²) >= 11 is 0. The Morgan fingerprint density at radius 1 is 0.615 bits per heavy atom. The van der Waals surface area contributed by atoms with Crippen LogP contribution in [0.25, 0.3) is 0 Å². The molecule has 0 saturated heterocycles. The summed E-state index contributed by atoms with van der Waals surface area (Å²) in [5.74, 6) is 0. The van der Waals surface area contributed by atoms with E-state index in [1.807, 2.05) is 0 Å². The van der Waals surface area contributed by atoms with Gasteiger partial charge < -0.3 is 30.6 Å². The second-order valence-corrected chi connectivity index (χ2v) is 2.04. The molecule has 0 aliphatic carbocycles. The van der Waals surface area contributed by atoms with Gasteiger partial charge in [0.2, 0.25) is 0 Å². The van der Waals surface area contributed by atoms with Gasteiger partial charge in [-0.25, -0.2) is 0 Å². The molecule has 1 radical (unpaired) electrons. The van der Waals surface area contributed by atoms with Crippen LogP contribution >= 0.6 is 0 Å². The van der Waals surface area contributed by atoms with Crippen LogP contribution in [0.1, 0.15) is 0 Å². The molecule has 0 aliphatic rings. The van der Waals surface area contributed by atoms with Crippen LogP contribution in [0.2, 0.25) is 0 Å². The van der Waals surface area contributed by atoms with Crippen LogP contribution in [0, 0.1) is 0 Å². The van der Waals surface area contributed by atoms with Gasteiger partial charge in [0.25, 0.3) is 0 Å². The number of rotatable bonds is 4. The summed E-state index contributed by atoms with van der Waals surface area (Å²) in [5.41, 5.74) is 0. The predicted molar refractivity (Wildman–Crippen MR) is 46.1 cm³/mol. The van der Waals surface area contributed by atoms with Crippen molar-refractivity contribution in [2.24, 2.45) is 0 Å². The van der Waals surface area contributed by atoms with Crippen molar-refractivity contribution in [1.82, 2.24) is 0 Å². The summed E-state index contributed by atoms with van der Waals surface area (Å²) in [5, 5.41) is 48.0. The number of hydrogen-bond donors (Lipinski definition) is 6. The van der Waals surface area contributed by atoms with Crippen molar-refractivity contribution < 1.29 is 30.6 Å². The molecule has 0 unspecified atom stereocenters. The molecule has 0 amide bonds. The van der Waals surface area contributed by atoms with Gasteiger partial charge in [0.15, 0.2) is 0 Å². The fraction of sp³-hybridized carbons (Fsp3) is 1.00. The molecule has 13 heavy (non-hydrogen) atoms. The third kappa shape index (κ3) is 19.3. The van der Waals surface area contributed by atoms with Crippen LogP contribution in [0.3, 0.4) is 0 Å². The first-order chi connectivity index (χ1) is 5.62. The average molecular weight is 207 g/mol. The van der Waals surface area contributed by atoms with Crippen molar-refractivity contribution in [1.29, 1.82) is 0 Å². The molecule has 0 heterocycles. The summed E-state index contributed by atoms with van der Waals surface area (Å²) < 4.78 is 0. The van der Waals surface area contributed by atoms with E-state index < -0.39 is 12.2 Å². The monoisotopic (exact) mass is 207 g/mol. The zero-order chi connectivity index (χ0) is 9.98. The van der Waals surface area contributed by atoms with Gasteiger partial charge >= 0.3 is 0 Å². The molecular weight excluding hydrogens is 191 g/mol. The van der Waals surface area contributed by atoms with E-state index in [0.717, 1.165) is 0 Å². The molecular formula is C6H16NaO6. The maximum absolute atomic E-state index is 8.17. The Labute approximate surface area is 98.7 Å². The van der Waals surface area contributed by atoms with E-state index in [1.54, 1.807) is 0 Å². The molecule has 0 bridgehead atoms. The van der Waals surface area contributed by atoms with Crippen molar-refractivity contribution in [3.8, 4) is 0 Å². The van der Waals surface area contributed by atoms with Crippen LogP contribution in [0.5, 0.6) is 0 Å². The third-order valence-electron chi connectivity index (χ3n) is 0.843. The number of aliphatic hydroxyl groups is 6. The van der Waals surface area contributed by atoms with Crippen molar-refractivity contribution in [2.45, 2.75) is 12.2 Å². The number of aliphatic hydroxyl groups excluding tert-OH is 6. The van der Waals surface area contributed by atoms with Crippen LogP contribution in [-0.4, -0.2) is 98.8 Å². The molecule has 0 atom stereocenters. The summed E-state index contributed by atoms with van der Waals surface area (Å²) in [6, 6.07) is 0. The molecule has 0 aromatic carbocycles. The molecule has 6 N–H and O–H groups in total. The fourth-order valence-electron chi connectivity index (χ4n) is 0.115. The molecule has 0 spiro atoms. The van der Waals surface area contributed by atoms with Gasteiger partial charge in [-0.1, -0.05) is 0 Å². The molecule has 6 nitrogen and oxygen atoms in total.